The highest BCUT2D eigenvalue weighted by atomic mass is 19.1. The van der Waals surface area contributed by atoms with Crippen LogP contribution in [0, 0.1) is 5.82 Å². The quantitative estimate of drug-likeness (QED) is 0.577. The molecule has 0 heterocycles. The van der Waals surface area contributed by atoms with Crippen LogP contribution in [0.2, 0.25) is 0 Å². The predicted molar refractivity (Wildman–Crippen MR) is 119 cm³/mol. The van der Waals surface area contributed by atoms with Crippen molar-refractivity contribution in [2.75, 3.05) is 20.2 Å². The summed E-state index contributed by atoms with van der Waals surface area (Å²) in [5.74, 6) is 0.746. The van der Waals surface area contributed by atoms with E-state index in [2.05, 4.69) is 43.5 Å². The number of rotatable bonds is 8. The molecule has 0 spiro atoms. The van der Waals surface area contributed by atoms with Crippen LogP contribution >= 0.6 is 0 Å². The monoisotopic (exact) mass is 380 g/mol. The molecule has 0 fully saturated rings. The normalized spacial score (nSPS) is 9.78. The van der Waals surface area contributed by atoms with E-state index >= 15 is 0 Å². The van der Waals surface area contributed by atoms with Gasteiger partial charge in [-0.3, -0.25) is 0 Å². The fourth-order valence-corrected chi connectivity index (χ4v) is 2.13. The summed E-state index contributed by atoms with van der Waals surface area (Å²) in [6.45, 7) is 13.2. The van der Waals surface area contributed by atoms with Crippen molar-refractivity contribution in [2.45, 2.75) is 53.6 Å². The van der Waals surface area contributed by atoms with Crippen LogP contribution in [0.1, 0.15) is 48.6 Å². The fraction of sp³-hybridized carbons (Fsp3) is 0.478. The number of likely N-dealkylation sites (N-methyl/N-ethyl adjacent to an activating group) is 1. The molecule has 0 unspecified atom stereocenters. The van der Waals surface area contributed by atoms with Crippen molar-refractivity contribution in [1.82, 2.24) is 10.6 Å². The molecule has 3 nitrogen and oxygen atoms in total. The Labute approximate surface area is 168 Å². The van der Waals surface area contributed by atoms with Gasteiger partial charge in [0.15, 0.2) is 0 Å². The lowest BCUT2D eigenvalue weighted by Gasteiger charge is -2.08. The van der Waals surface area contributed by atoms with Crippen LogP contribution in [0.5, 0.6) is 5.75 Å². The smallest absolute Gasteiger partial charge is 0.123 e. The van der Waals surface area contributed by atoms with E-state index in [4.69, 9.17) is 4.74 Å². The second-order valence-electron chi connectivity index (χ2n) is 6.11. The number of nitrogens with one attached hydrogen (secondary N) is 2. The van der Waals surface area contributed by atoms with Crippen LogP contribution in [-0.2, 0) is 13.0 Å². The number of methoxy groups -OCH3 is 1. The third-order valence-electron chi connectivity index (χ3n) is 3.63. The summed E-state index contributed by atoms with van der Waals surface area (Å²) in [5, 5.41) is 6.58. The van der Waals surface area contributed by atoms with Crippen molar-refractivity contribution in [1.29, 1.82) is 0 Å². The largest absolute Gasteiger partial charge is 0.497 e. The van der Waals surface area contributed by atoms with Crippen LogP contribution in [0.25, 0.3) is 0 Å². The van der Waals surface area contributed by atoms with Gasteiger partial charge in [-0.25, -0.2) is 4.39 Å². The van der Waals surface area contributed by atoms with Gasteiger partial charge in [-0.15, -0.1) is 0 Å². The molecular weight excluding hydrogens is 339 g/mol. The van der Waals surface area contributed by atoms with Gasteiger partial charge < -0.3 is 15.4 Å². The second kappa shape index (κ2) is 16.3. The number of halogens is 1. The van der Waals surface area contributed by atoms with Gasteiger partial charge in [0.2, 0.25) is 0 Å². The van der Waals surface area contributed by atoms with E-state index < -0.39 is 0 Å². The fourth-order valence-electron chi connectivity index (χ4n) is 2.13. The number of hydrogen-bond donors (Lipinski definition) is 2. The second-order valence-corrected chi connectivity index (χ2v) is 6.11. The molecule has 0 aliphatic heterocycles. The van der Waals surface area contributed by atoms with Gasteiger partial charge in [0.1, 0.15) is 11.6 Å². The standard InChI is InChI=1S/C11H17NO.C10H14FN.C2H6.2H2/c1-9(2)12-8-10-4-6-11(13-3)7-5-10;1-2-12-8-7-9-3-5-10(11)6-4-9;1-2;;/h4-7,9,12H,8H2,1-3H3;3-6,12H,2,7-8H2,1H3;1-2H3;2*1H. The molecule has 2 N–H and O–H groups in total. The summed E-state index contributed by atoms with van der Waals surface area (Å²) in [4.78, 5) is 0. The zero-order chi connectivity index (χ0) is 20.5. The van der Waals surface area contributed by atoms with Gasteiger partial charge in [0, 0.05) is 15.4 Å². The summed E-state index contributed by atoms with van der Waals surface area (Å²) in [6.07, 6.45) is 0.966. The molecule has 0 bridgehead atoms. The maximum atomic E-state index is 12.5. The van der Waals surface area contributed by atoms with E-state index in [0.29, 0.717) is 6.04 Å². The average molecular weight is 381 g/mol. The number of benzene rings is 2. The highest BCUT2D eigenvalue weighted by Gasteiger charge is 1.95. The number of hydrogen-bond acceptors (Lipinski definition) is 3. The van der Waals surface area contributed by atoms with Gasteiger partial charge in [-0.2, -0.15) is 0 Å². The topological polar surface area (TPSA) is 33.3 Å². The first-order valence-electron chi connectivity index (χ1n) is 9.86. The summed E-state index contributed by atoms with van der Waals surface area (Å²) >= 11 is 0. The van der Waals surface area contributed by atoms with Gasteiger partial charge in [0.05, 0.1) is 7.11 Å². The van der Waals surface area contributed by atoms with Crippen LogP contribution in [-0.4, -0.2) is 26.2 Å². The minimum atomic E-state index is -0.165. The highest BCUT2D eigenvalue weighted by molar-refractivity contribution is 5.27. The van der Waals surface area contributed by atoms with Crippen LogP contribution in [0.4, 0.5) is 4.39 Å². The molecule has 156 valence electrons. The van der Waals surface area contributed by atoms with E-state index in [1.165, 1.54) is 23.3 Å². The zero-order valence-corrected chi connectivity index (χ0v) is 17.8. The molecule has 4 heteroatoms. The van der Waals surface area contributed by atoms with Crippen molar-refractivity contribution in [3.05, 3.63) is 65.5 Å². The zero-order valence-electron chi connectivity index (χ0n) is 17.8. The van der Waals surface area contributed by atoms with Crippen molar-refractivity contribution in [3.63, 3.8) is 0 Å². The van der Waals surface area contributed by atoms with Gasteiger partial charge >= 0.3 is 0 Å². The molecule has 2 aromatic rings. The van der Waals surface area contributed by atoms with E-state index in [1.54, 1.807) is 7.11 Å². The lowest BCUT2D eigenvalue weighted by molar-refractivity contribution is 0.414. The molecule has 0 radical (unpaired) electrons. The van der Waals surface area contributed by atoms with Crippen molar-refractivity contribution >= 4 is 0 Å². The molecule has 0 aliphatic carbocycles. The van der Waals surface area contributed by atoms with Crippen LogP contribution in [0.3, 0.4) is 0 Å². The molecule has 0 amide bonds. The first-order chi connectivity index (χ1) is 13.0. The molecule has 0 aromatic heterocycles. The minimum absolute atomic E-state index is 0. The maximum Gasteiger partial charge on any atom is 0.123 e. The molecule has 2 rings (SSSR count). The molecule has 2 aromatic carbocycles. The predicted octanol–water partition coefficient (Wildman–Crippen LogP) is 5.69. The third-order valence-corrected chi connectivity index (χ3v) is 3.63. The Hall–Kier alpha value is -1.91. The molecule has 0 atom stereocenters. The Morgan fingerprint density at radius 2 is 1.52 bits per heavy atom. The Morgan fingerprint density at radius 1 is 0.963 bits per heavy atom. The van der Waals surface area contributed by atoms with Crippen LogP contribution in [0.15, 0.2) is 48.5 Å². The highest BCUT2D eigenvalue weighted by Crippen LogP contribution is 2.10. The maximum absolute atomic E-state index is 12.5. The molecule has 0 aliphatic rings. The van der Waals surface area contributed by atoms with Gasteiger partial charge in [0.25, 0.3) is 0 Å². The summed E-state index contributed by atoms with van der Waals surface area (Å²) in [7, 11) is 1.68. The average Bonchev–Trinajstić information content (AvgIpc) is 2.70. The van der Waals surface area contributed by atoms with E-state index in [9.17, 15) is 4.39 Å². The molecule has 0 saturated heterocycles. The number of ether oxygens (including phenoxy) is 1. The molecule has 27 heavy (non-hydrogen) atoms. The SMILES string of the molecule is CC.CCNCCc1ccc(F)cc1.COc1ccc(CNC(C)C)cc1.[HH].[HH]. The van der Waals surface area contributed by atoms with E-state index in [0.717, 1.165) is 31.8 Å². The summed E-state index contributed by atoms with van der Waals surface area (Å²) in [5.41, 5.74) is 2.46. The van der Waals surface area contributed by atoms with Crippen molar-refractivity contribution in [2.24, 2.45) is 0 Å². The lowest BCUT2D eigenvalue weighted by Crippen LogP contribution is -2.21. The first-order valence-corrected chi connectivity index (χ1v) is 9.86. The van der Waals surface area contributed by atoms with Crippen LogP contribution < -0.4 is 15.4 Å². The Morgan fingerprint density at radius 3 is 2.00 bits per heavy atom. The third kappa shape index (κ3) is 13.0. The Bertz CT molecular complexity index is 578. The first kappa shape index (κ1) is 25.1. The summed E-state index contributed by atoms with van der Waals surface area (Å²) < 4.78 is 17.5. The Balaban J connectivity index is -0.000000404. The molecular formula is C23H41FN2O. The minimum Gasteiger partial charge on any atom is -0.497 e. The summed E-state index contributed by atoms with van der Waals surface area (Å²) in [6, 6.07) is 15.3. The Kier molecular flexibility index (Phi) is 15.1. The lowest BCUT2D eigenvalue weighted by atomic mass is 10.1. The van der Waals surface area contributed by atoms with Gasteiger partial charge in [-0.1, -0.05) is 58.9 Å². The molecule has 0 saturated carbocycles. The van der Waals surface area contributed by atoms with Gasteiger partial charge in [-0.05, 0) is 54.9 Å². The van der Waals surface area contributed by atoms with E-state index in [1.807, 2.05) is 38.1 Å². The van der Waals surface area contributed by atoms with Crippen molar-refractivity contribution < 1.29 is 12.0 Å². The van der Waals surface area contributed by atoms with E-state index in [-0.39, 0.29) is 8.67 Å². The van der Waals surface area contributed by atoms with Crippen molar-refractivity contribution in [3.8, 4) is 5.75 Å².